The molecule has 2 aromatic rings. The van der Waals surface area contributed by atoms with E-state index in [2.05, 4.69) is 15.0 Å². The van der Waals surface area contributed by atoms with Crippen molar-refractivity contribution < 1.29 is 28.6 Å². The molecule has 1 aromatic heterocycles. The third kappa shape index (κ3) is 5.81. The lowest BCUT2D eigenvalue weighted by atomic mass is 10.1. The minimum absolute atomic E-state index is 0.158. The van der Waals surface area contributed by atoms with Crippen LogP contribution in [0.5, 0.6) is 5.88 Å². The number of methoxy groups -OCH3 is 1. The molecular formula is C19H20N2O6. The molecule has 0 fully saturated rings. The molecule has 0 atom stereocenters. The summed E-state index contributed by atoms with van der Waals surface area (Å²) < 4.78 is 14.9. The van der Waals surface area contributed by atoms with Crippen LogP contribution >= 0.6 is 0 Å². The van der Waals surface area contributed by atoms with Crippen LogP contribution in [0.1, 0.15) is 33.2 Å². The van der Waals surface area contributed by atoms with Gasteiger partial charge >= 0.3 is 11.9 Å². The number of nitrogens with one attached hydrogen (secondary N) is 1. The minimum Gasteiger partial charge on any atom is -0.477 e. The molecule has 0 saturated heterocycles. The van der Waals surface area contributed by atoms with E-state index >= 15 is 0 Å². The van der Waals surface area contributed by atoms with Gasteiger partial charge in [0.2, 0.25) is 5.88 Å². The van der Waals surface area contributed by atoms with Gasteiger partial charge in [0.15, 0.2) is 6.61 Å². The zero-order valence-corrected chi connectivity index (χ0v) is 15.1. The first-order chi connectivity index (χ1) is 13.0. The third-order valence-corrected chi connectivity index (χ3v) is 3.47. The van der Waals surface area contributed by atoms with Crippen molar-refractivity contribution in [2.24, 2.45) is 0 Å². The number of aromatic nitrogens is 1. The van der Waals surface area contributed by atoms with E-state index in [1.807, 2.05) is 0 Å². The Morgan fingerprint density at radius 2 is 1.81 bits per heavy atom. The van der Waals surface area contributed by atoms with Gasteiger partial charge in [0.05, 0.1) is 19.3 Å². The van der Waals surface area contributed by atoms with Gasteiger partial charge in [-0.05, 0) is 36.8 Å². The minimum atomic E-state index is -0.691. The normalized spacial score (nSPS) is 10.0. The average molecular weight is 372 g/mol. The highest BCUT2D eigenvalue weighted by molar-refractivity contribution is 5.93. The molecule has 1 N–H and O–H groups in total. The van der Waals surface area contributed by atoms with Crippen LogP contribution in [0.4, 0.5) is 0 Å². The van der Waals surface area contributed by atoms with Crippen LogP contribution in [0.15, 0.2) is 42.6 Å². The van der Waals surface area contributed by atoms with E-state index in [9.17, 15) is 14.4 Å². The molecule has 0 aliphatic rings. The summed E-state index contributed by atoms with van der Waals surface area (Å²) in [6, 6.07) is 9.69. The number of rotatable bonds is 8. The molecule has 0 spiro atoms. The monoisotopic (exact) mass is 372 g/mol. The number of hydrogen-bond acceptors (Lipinski definition) is 7. The molecule has 2 rings (SSSR count). The van der Waals surface area contributed by atoms with Crippen molar-refractivity contribution >= 4 is 17.8 Å². The van der Waals surface area contributed by atoms with Gasteiger partial charge in [-0.3, -0.25) is 4.79 Å². The molecule has 1 aromatic carbocycles. The molecule has 0 bridgehead atoms. The van der Waals surface area contributed by atoms with E-state index < -0.39 is 24.5 Å². The van der Waals surface area contributed by atoms with Gasteiger partial charge in [0.1, 0.15) is 5.56 Å². The summed E-state index contributed by atoms with van der Waals surface area (Å²) in [5, 5.41) is 2.63. The van der Waals surface area contributed by atoms with Crippen LogP contribution in [0.2, 0.25) is 0 Å². The summed E-state index contributed by atoms with van der Waals surface area (Å²) in [4.78, 5) is 39.3. The van der Waals surface area contributed by atoms with Crippen molar-refractivity contribution in [1.29, 1.82) is 0 Å². The lowest BCUT2D eigenvalue weighted by molar-refractivity contribution is -0.124. The Balaban J connectivity index is 1.82. The number of carbonyl (C=O) groups excluding carboxylic acids is 3. The Bertz CT molecular complexity index is 804. The number of esters is 2. The molecule has 0 radical (unpaired) electrons. The van der Waals surface area contributed by atoms with Gasteiger partial charge in [0, 0.05) is 12.7 Å². The Labute approximate surface area is 156 Å². The smallest absolute Gasteiger partial charge is 0.344 e. The number of hydrogen-bond donors (Lipinski definition) is 1. The van der Waals surface area contributed by atoms with Crippen LogP contribution < -0.4 is 10.1 Å². The standard InChI is InChI=1S/C19H20N2O6/c1-3-26-17-15(5-4-10-20-17)19(24)27-12-16(22)21-11-13-6-8-14(9-7-13)18(23)25-2/h4-10H,3,11-12H2,1-2H3,(H,21,22). The lowest BCUT2D eigenvalue weighted by Gasteiger charge is -2.09. The Morgan fingerprint density at radius 1 is 1.07 bits per heavy atom. The Hall–Kier alpha value is -3.42. The molecular weight excluding hydrogens is 352 g/mol. The van der Waals surface area contributed by atoms with E-state index in [1.165, 1.54) is 19.4 Å². The van der Waals surface area contributed by atoms with Crippen LogP contribution in [0.3, 0.4) is 0 Å². The van der Waals surface area contributed by atoms with Gasteiger partial charge < -0.3 is 19.5 Å². The predicted molar refractivity (Wildman–Crippen MR) is 95.3 cm³/mol. The van der Waals surface area contributed by atoms with Gasteiger partial charge in [-0.2, -0.15) is 0 Å². The van der Waals surface area contributed by atoms with Crippen molar-refractivity contribution in [2.75, 3.05) is 20.3 Å². The van der Waals surface area contributed by atoms with Crippen molar-refractivity contribution in [3.05, 3.63) is 59.3 Å². The quantitative estimate of drug-likeness (QED) is 0.704. The first-order valence-corrected chi connectivity index (χ1v) is 8.24. The summed E-state index contributed by atoms with van der Waals surface area (Å²) in [6.07, 6.45) is 1.50. The number of carbonyl (C=O) groups is 3. The Morgan fingerprint density at radius 3 is 2.48 bits per heavy atom. The van der Waals surface area contributed by atoms with E-state index in [1.54, 1.807) is 37.3 Å². The maximum Gasteiger partial charge on any atom is 0.344 e. The summed E-state index contributed by atoms with van der Waals surface area (Å²) in [7, 11) is 1.31. The van der Waals surface area contributed by atoms with Crippen molar-refractivity contribution in [1.82, 2.24) is 10.3 Å². The van der Waals surface area contributed by atoms with Gasteiger partial charge in [-0.15, -0.1) is 0 Å². The van der Waals surface area contributed by atoms with Crippen LogP contribution in [-0.4, -0.2) is 43.2 Å². The fourth-order valence-electron chi connectivity index (χ4n) is 2.13. The maximum atomic E-state index is 12.1. The number of ether oxygens (including phenoxy) is 3. The highest BCUT2D eigenvalue weighted by atomic mass is 16.5. The molecule has 0 saturated carbocycles. The number of amides is 1. The first-order valence-electron chi connectivity index (χ1n) is 8.24. The maximum absolute atomic E-state index is 12.1. The first kappa shape index (κ1) is 19.9. The zero-order chi connectivity index (χ0) is 19.6. The molecule has 8 nitrogen and oxygen atoms in total. The molecule has 1 amide bonds. The van der Waals surface area contributed by atoms with Gasteiger partial charge in [-0.25, -0.2) is 14.6 Å². The molecule has 1 heterocycles. The highest BCUT2D eigenvalue weighted by Gasteiger charge is 2.16. The van der Waals surface area contributed by atoms with Crippen molar-refractivity contribution in [3.8, 4) is 5.88 Å². The topological polar surface area (TPSA) is 104 Å². The van der Waals surface area contributed by atoms with Crippen LogP contribution in [0, 0.1) is 0 Å². The molecule has 27 heavy (non-hydrogen) atoms. The lowest BCUT2D eigenvalue weighted by Crippen LogP contribution is -2.28. The summed E-state index contributed by atoms with van der Waals surface area (Å²) in [5.74, 6) is -1.41. The SMILES string of the molecule is CCOc1ncccc1C(=O)OCC(=O)NCc1ccc(C(=O)OC)cc1. The molecule has 0 aliphatic heterocycles. The zero-order valence-electron chi connectivity index (χ0n) is 15.1. The second-order valence-corrected chi connectivity index (χ2v) is 5.33. The average Bonchev–Trinajstić information content (AvgIpc) is 2.71. The van der Waals surface area contributed by atoms with Crippen molar-refractivity contribution in [2.45, 2.75) is 13.5 Å². The Kier molecular flexibility index (Phi) is 7.30. The molecule has 142 valence electrons. The number of benzene rings is 1. The highest BCUT2D eigenvalue weighted by Crippen LogP contribution is 2.15. The van der Waals surface area contributed by atoms with Crippen LogP contribution in [-0.2, 0) is 20.8 Å². The summed E-state index contributed by atoms with van der Waals surface area (Å²) >= 11 is 0. The van der Waals surface area contributed by atoms with E-state index in [-0.39, 0.29) is 18.0 Å². The summed E-state index contributed by atoms with van der Waals surface area (Å²) in [6.45, 7) is 1.93. The third-order valence-electron chi connectivity index (χ3n) is 3.47. The van der Waals surface area contributed by atoms with Gasteiger partial charge in [-0.1, -0.05) is 12.1 Å². The molecule has 0 unspecified atom stereocenters. The summed E-state index contributed by atoms with van der Waals surface area (Å²) in [5.41, 5.74) is 1.36. The fourth-order valence-corrected chi connectivity index (χ4v) is 2.13. The second-order valence-electron chi connectivity index (χ2n) is 5.33. The van der Waals surface area contributed by atoms with Gasteiger partial charge in [0.25, 0.3) is 5.91 Å². The van der Waals surface area contributed by atoms with Crippen molar-refractivity contribution in [3.63, 3.8) is 0 Å². The van der Waals surface area contributed by atoms with E-state index in [0.717, 1.165) is 5.56 Å². The van der Waals surface area contributed by atoms with E-state index in [4.69, 9.17) is 9.47 Å². The number of pyridine rings is 1. The van der Waals surface area contributed by atoms with E-state index in [0.29, 0.717) is 12.2 Å². The van der Waals surface area contributed by atoms with Crippen LogP contribution in [0.25, 0.3) is 0 Å². The largest absolute Gasteiger partial charge is 0.477 e. The number of nitrogens with zero attached hydrogens (tertiary/aromatic N) is 1. The second kappa shape index (κ2) is 9.91. The fraction of sp³-hybridized carbons (Fsp3) is 0.263. The predicted octanol–water partition coefficient (Wildman–Crippen LogP) is 1.74. The molecule has 8 heteroatoms. The molecule has 0 aliphatic carbocycles.